The number of hydrogen-bond donors (Lipinski definition) is 2. The van der Waals surface area contributed by atoms with Gasteiger partial charge in [-0.1, -0.05) is 11.6 Å². The number of nitrogens with one attached hydrogen (secondary N) is 1. The third-order valence-electron chi connectivity index (χ3n) is 5.49. The Kier molecular flexibility index (Phi) is 4.46. The summed E-state index contributed by atoms with van der Waals surface area (Å²) in [7, 11) is 0. The Balaban J connectivity index is 1.60. The van der Waals surface area contributed by atoms with Crippen LogP contribution in [0.1, 0.15) is 51.1 Å². The molecule has 0 spiro atoms. The van der Waals surface area contributed by atoms with Gasteiger partial charge in [0.15, 0.2) is 0 Å². The number of aromatic nitrogens is 3. The molecule has 5 nitrogen and oxygen atoms in total. The molecule has 0 bridgehead atoms. The van der Waals surface area contributed by atoms with Crippen molar-refractivity contribution in [1.29, 1.82) is 0 Å². The number of halogens is 1. The first-order valence-corrected chi connectivity index (χ1v) is 9.60. The summed E-state index contributed by atoms with van der Waals surface area (Å²) in [5.74, 6) is 0. The molecule has 6 heteroatoms. The Morgan fingerprint density at radius 1 is 1.28 bits per heavy atom. The lowest BCUT2D eigenvalue weighted by Crippen LogP contribution is -2.35. The van der Waals surface area contributed by atoms with Gasteiger partial charge in [0.25, 0.3) is 0 Å². The quantitative estimate of drug-likeness (QED) is 0.811. The van der Waals surface area contributed by atoms with Crippen LogP contribution in [-0.4, -0.2) is 31.5 Å². The summed E-state index contributed by atoms with van der Waals surface area (Å²) in [4.78, 5) is 4.27. The number of nitrogens with zero attached hydrogens (tertiary/aromatic N) is 3. The SMILES string of the molecule is CC1(O)CCC(Nc2cc(Cl)ncc2-c2cc3n(n2)CCCC3)CC1. The average Bonchev–Trinajstić information content (AvgIpc) is 3.01. The van der Waals surface area contributed by atoms with E-state index < -0.39 is 5.60 Å². The topological polar surface area (TPSA) is 63.0 Å². The van der Waals surface area contributed by atoms with Crippen LogP contribution in [0.25, 0.3) is 11.3 Å². The number of hydrogen-bond acceptors (Lipinski definition) is 4. The maximum Gasteiger partial charge on any atom is 0.131 e. The van der Waals surface area contributed by atoms with Crippen molar-refractivity contribution in [3.8, 4) is 11.3 Å². The molecule has 2 aliphatic rings. The number of aliphatic hydroxyl groups is 1. The zero-order chi connectivity index (χ0) is 17.4. The second-order valence-corrected chi connectivity index (χ2v) is 8.06. The van der Waals surface area contributed by atoms with Crippen molar-refractivity contribution in [2.75, 3.05) is 5.32 Å². The van der Waals surface area contributed by atoms with Crippen LogP contribution >= 0.6 is 11.6 Å². The number of fused-ring (bicyclic) bond motifs is 1. The summed E-state index contributed by atoms with van der Waals surface area (Å²) >= 11 is 6.15. The number of aryl methyl sites for hydroxylation is 2. The molecule has 0 saturated heterocycles. The fourth-order valence-corrected chi connectivity index (χ4v) is 4.06. The molecule has 25 heavy (non-hydrogen) atoms. The summed E-state index contributed by atoms with van der Waals surface area (Å²) in [5.41, 5.74) is 3.73. The van der Waals surface area contributed by atoms with Gasteiger partial charge in [0.05, 0.1) is 11.3 Å². The molecule has 2 aromatic rings. The highest BCUT2D eigenvalue weighted by Gasteiger charge is 2.29. The van der Waals surface area contributed by atoms with E-state index in [0.29, 0.717) is 11.2 Å². The van der Waals surface area contributed by atoms with E-state index in [1.807, 2.05) is 19.2 Å². The van der Waals surface area contributed by atoms with Gasteiger partial charge in [0.1, 0.15) is 5.15 Å². The van der Waals surface area contributed by atoms with Crippen molar-refractivity contribution in [3.05, 3.63) is 29.2 Å². The Morgan fingerprint density at radius 3 is 2.84 bits per heavy atom. The van der Waals surface area contributed by atoms with Crippen LogP contribution in [-0.2, 0) is 13.0 Å². The van der Waals surface area contributed by atoms with Gasteiger partial charge in [-0.05, 0) is 64.0 Å². The smallest absolute Gasteiger partial charge is 0.131 e. The van der Waals surface area contributed by atoms with E-state index in [2.05, 4.69) is 21.0 Å². The minimum atomic E-state index is -0.528. The molecule has 2 N–H and O–H groups in total. The molecule has 2 aromatic heterocycles. The predicted octanol–water partition coefficient (Wildman–Crippen LogP) is 4.04. The molecule has 0 unspecified atom stereocenters. The van der Waals surface area contributed by atoms with Gasteiger partial charge in [-0.2, -0.15) is 5.10 Å². The summed E-state index contributed by atoms with van der Waals surface area (Å²) in [6.07, 6.45) is 8.87. The predicted molar refractivity (Wildman–Crippen MR) is 99.9 cm³/mol. The van der Waals surface area contributed by atoms with Crippen molar-refractivity contribution in [2.24, 2.45) is 0 Å². The van der Waals surface area contributed by atoms with E-state index >= 15 is 0 Å². The molecule has 3 heterocycles. The van der Waals surface area contributed by atoms with Crippen LogP contribution in [0.5, 0.6) is 0 Å². The van der Waals surface area contributed by atoms with E-state index in [-0.39, 0.29) is 0 Å². The molecular weight excluding hydrogens is 336 g/mol. The van der Waals surface area contributed by atoms with Crippen LogP contribution in [0.3, 0.4) is 0 Å². The molecule has 0 aromatic carbocycles. The van der Waals surface area contributed by atoms with Crippen LogP contribution < -0.4 is 5.32 Å². The second kappa shape index (κ2) is 6.61. The normalized spacial score (nSPS) is 26.3. The van der Waals surface area contributed by atoms with E-state index in [0.717, 1.165) is 55.6 Å². The fraction of sp³-hybridized carbons (Fsp3) is 0.579. The summed E-state index contributed by atoms with van der Waals surface area (Å²) < 4.78 is 2.12. The van der Waals surface area contributed by atoms with Crippen molar-refractivity contribution in [3.63, 3.8) is 0 Å². The number of rotatable bonds is 3. The van der Waals surface area contributed by atoms with Crippen molar-refractivity contribution < 1.29 is 5.11 Å². The molecule has 0 atom stereocenters. The van der Waals surface area contributed by atoms with E-state index in [1.54, 1.807) is 0 Å². The van der Waals surface area contributed by atoms with E-state index in [1.165, 1.54) is 18.5 Å². The van der Waals surface area contributed by atoms with Crippen LogP contribution in [0.15, 0.2) is 18.3 Å². The lowest BCUT2D eigenvalue weighted by molar-refractivity contribution is 0.0196. The summed E-state index contributed by atoms with van der Waals surface area (Å²) in [6, 6.07) is 4.41. The van der Waals surface area contributed by atoms with Gasteiger partial charge in [-0.3, -0.25) is 4.68 Å². The second-order valence-electron chi connectivity index (χ2n) is 7.67. The monoisotopic (exact) mass is 360 g/mol. The van der Waals surface area contributed by atoms with E-state index in [9.17, 15) is 5.11 Å². The van der Waals surface area contributed by atoms with Crippen molar-refractivity contribution in [2.45, 2.75) is 70.1 Å². The van der Waals surface area contributed by atoms with Gasteiger partial charge in [0.2, 0.25) is 0 Å². The van der Waals surface area contributed by atoms with Crippen LogP contribution in [0.2, 0.25) is 5.15 Å². The first-order chi connectivity index (χ1) is 12.0. The maximum atomic E-state index is 10.2. The van der Waals surface area contributed by atoms with Gasteiger partial charge < -0.3 is 10.4 Å². The van der Waals surface area contributed by atoms with Crippen LogP contribution in [0.4, 0.5) is 5.69 Å². The fourth-order valence-electron chi connectivity index (χ4n) is 3.91. The van der Waals surface area contributed by atoms with Gasteiger partial charge in [-0.15, -0.1) is 0 Å². The lowest BCUT2D eigenvalue weighted by Gasteiger charge is -2.34. The van der Waals surface area contributed by atoms with Crippen molar-refractivity contribution in [1.82, 2.24) is 14.8 Å². The highest BCUT2D eigenvalue weighted by Crippen LogP contribution is 2.34. The first-order valence-electron chi connectivity index (χ1n) is 9.22. The van der Waals surface area contributed by atoms with Crippen LogP contribution in [0, 0.1) is 0 Å². The molecular formula is C19H25ClN4O. The Labute approximate surface area is 153 Å². The minimum absolute atomic E-state index is 0.342. The molecule has 1 fully saturated rings. The van der Waals surface area contributed by atoms with Gasteiger partial charge in [-0.25, -0.2) is 4.98 Å². The highest BCUT2D eigenvalue weighted by molar-refractivity contribution is 6.29. The molecule has 134 valence electrons. The Hall–Kier alpha value is -1.59. The summed E-state index contributed by atoms with van der Waals surface area (Å²) in [5, 5.41) is 19.0. The molecule has 0 amide bonds. The van der Waals surface area contributed by atoms with Gasteiger partial charge >= 0.3 is 0 Å². The highest BCUT2D eigenvalue weighted by atomic mass is 35.5. The average molecular weight is 361 g/mol. The number of pyridine rings is 1. The maximum absolute atomic E-state index is 10.2. The molecule has 1 aliphatic carbocycles. The molecule has 0 radical (unpaired) electrons. The Morgan fingerprint density at radius 2 is 2.08 bits per heavy atom. The molecule has 4 rings (SSSR count). The minimum Gasteiger partial charge on any atom is -0.390 e. The largest absolute Gasteiger partial charge is 0.390 e. The summed E-state index contributed by atoms with van der Waals surface area (Å²) in [6.45, 7) is 2.92. The van der Waals surface area contributed by atoms with Crippen molar-refractivity contribution >= 4 is 17.3 Å². The zero-order valence-corrected chi connectivity index (χ0v) is 15.4. The third-order valence-corrected chi connectivity index (χ3v) is 5.69. The van der Waals surface area contributed by atoms with E-state index in [4.69, 9.17) is 16.7 Å². The number of anilines is 1. The van der Waals surface area contributed by atoms with Gasteiger partial charge in [0, 0.05) is 35.7 Å². The molecule has 1 aliphatic heterocycles. The zero-order valence-electron chi connectivity index (χ0n) is 14.6. The Bertz CT molecular complexity index is 737. The third kappa shape index (κ3) is 3.67. The lowest BCUT2D eigenvalue weighted by atomic mass is 9.83. The molecule has 1 saturated carbocycles. The standard InChI is InChI=1S/C19H25ClN4O/c1-19(25)7-5-13(6-8-19)22-16-11-18(20)21-12-15(16)17-10-14-4-2-3-9-24(14)23-17/h10-13,25H,2-9H2,1H3,(H,21,22). The first kappa shape index (κ1) is 16.9.